The van der Waals surface area contributed by atoms with Gasteiger partial charge in [-0.25, -0.2) is 4.99 Å². The van der Waals surface area contributed by atoms with Gasteiger partial charge in [-0.15, -0.1) is 0 Å². The molecular weight excluding hydrogens is 320 g/mol. The Kier molecular flexibility index (Phi) is 6.79. The van der Waals surface area contributed by atoms with Crippen molar-refractivity contribution in [2.24, 2.45) is 9.98 Å². The Labute approximate surface area is 155 Å². The van der Waals surface area contributed by atoms with E-state index in [9.17, 15) is 0 Å². The molecule has 26 heavy (non-hydrogen) atoms. The number of nitrogens with zero attached hydrogens (tertiary/aromatic N) is 2. The summed E-state index contributed by atoms with van der Waals surface area (Å²) in [6.07, 6.45) is 5.79. The zero-order valence-corrected chi connectivity index (χ0v) is 15.2. The van der Waals surface area contributed by atoms with E-state index in [1.807, 2.05) is 54.6 Å². The molecule has 0 bridgehead atoms. The van der Waals surface area contributed by atoms with E-state index in [0.29, 0.717) is 6.04 Å². The van der Waals surface area contributed by atoms with Gasteiger partial charge in [-0.2, -0.15) is 4.99 Å². The normalized spacial score (nSPS) is 15.3. The Morgan fingerprint density at radius 1 is 0.962 bits per heavy atom. The Bertz CT molecular complexity index is 820. The highest BCUT2D eigenvalue weighted by Gasteiger charge is 2.12. The highest BCUT2D eigenvalue weighted by molar-refractivity contribution is 5.58. The third kappa shape index (κ3) is 5.17. The van der Waals surface area contributed by atoms with Crippen molar-refractivity contribution >= 4 is 11.7 Å². The molecule has 3 rings (SSSR count). The van der Waals surface area contributed by atoms with E-state index in [4.69, 9.17) is 4.74 Å². The first-order chi connectivity index (χ1) is 12.9. The summed E-state index contributed by atoms with van der Waals surface area (Å²) < 4.78 is 5.60. The lowest BCUT2D eigenvalue weighted by molar-refractivity contribution is 0.151. The molecule has 0 radical (unpaired) electrons. The number of ether oxygens (including phenoxy) is 1. The fourth-order valence-corrected chi connectivity index (χ4v) is 3.12. The summed E-state index contributed by atoms with van der Waals surface area (Å²) in [7, 11) is 1.67. The first-order valence-corrected chi connectivity index (χ1v) is 9.20. The molecule has 0 saturated heterocycles. The van der Waals surface area contributed by atoms with Gasteiger partial charge in [0, 0.05) is 18.2 Å². The minimum Gasteiger partial charge on any atom is -0.364 e. The van der Waals surface area contributed by atoms with Crippen LogP contribution in [0, 0.1) is 11.8 Å². The summed E-state index contributed by atoms with van der Waals surface area (Å²) in [4.78, 5) is 8.96. The maximum atomic E-state index is 5.60. The van der Waals surface area contributed by atoms with Crippen molar-refractivity contribution in [1.29, 1.82) is 0 Å². The fourth-order valence-electron chi connectivity index (χ4n) is 3.12. The highest BCUT2D eigenvalue weighted by Crippen LogP contribution is 2.27. The number of benzene rings is 2. The summed E-state index contributed by atoms with van der Waals surface area (Å²) in [5, 5.41) is 0. The average molecular weight is 344 g/mol. The smallest absolute Gasteiger partial charge is 0.145 e. The molecule has 1 atom stereocenters. The molecule has 0 amide bonds. The molecule has 1 aliphatic rings. The molecule has 0 aliphatic heterocycles. The van der Waals surface area contributed by atoms with Crippen LogP contribution in [0.15, 0.2) is 64.6 Å². The minimum atomic E-state index is -0.341. The van der Waals surface area contributed by atoms with Crippen LogP contribution in [0.1, 0.15) is 49.3 Å². The molecule has 0 N–H and O–H groups in total. The van der Waals surface area contributed by atoms with Crippen molar-refractivity contribution in [1.82, 2.24) is 0 Å². The number of aliphatic imine (C=N–C) groups is 2. The van der Waals surface area contributed by atoms with Gasteiger partial charge in [0.05, 0.1) is 17.7 Å². The summed E-state index contributed by atoms with van der Waals surface area (Å²) in [5.74, 6) is 6.36. The molecular formula is C23H24N2O. The zero-order chi connectivity index (χ0) is 18.0. The lowest BCUT2D eigenvalue weighted by Gasteiger charge is -2.15. The second kappa shape index (κ2) is 9.73. The molecule has 1 unspecified atom stereocenters. The van der Waals surface area contributed by atoms with Crippen LogP contribution in [0.3, 0.4) is 0 Å². The van der Waals surface area contributed by atoms with E-state index in [1.54, 1.807) is 7.11 Å². The first-order valence-electron chi connectivity index (χ1n) is 9.20. The number of hydrogen-bond acceptors (Lipinski definition) is 3. The highest BCUT2D eigenvalue weighted by atomic mass is 16.5. The van der Waals surface area contributed by atoms with Crippen LogP contribution in [0.5, 0.6) is 0 Å². The number of rotatable bonds is 4. The summed E-state index contributed by atoms with van der Waals surface area (Å²) in [5.41, 5.74) is 2.71. The van der Waals surface area contributed by atoms with Gasteiger partial charge in [0.1, 0.15) is 6.10 Å². The van der Waals surface area contributed by atoms with Crippen LogP contribution in [-0.2, 0) is 4.74 Å². The lowest BCUT2D eigenvalue weighted by atomic mass is 9.96. The zero-order valence-electron chi connectivity index (χ0n) is 15.2. The number of hydrogen-bond donors (Lipinski definition) is 0. The molecule has 2 aromatic rings. The molecule has 0 spiro atoms. The fraction of sp³-hybridized carbons (Fsp3) is 0.348. The number of para-hydroxylation sites is 1. The molecule has 1 saturated carbocycles. The quantitative estimate of drug-likeness (QED) is 0.528. The minimum absolute atomic E-state index is 0.341. The molecule has 0 heterocycles. The molecule has 1 aliphatic carbocycles. The van der Waals surface area contributed by atoms with Crippen LogP contribution in [0.4, 0.5) is 5.69 Å². The summed E-state index contributed by atoms with van der Waals surface area (Å²) in [6.45, 7) is 0. The molecule has 1 fully saturated rings. The van der Waals surface area contributed by atoms with Crippen molar-refractivity contribution < 1.29 is 4.74 Å². The van der Waals surface area contributed by atoms with Crippen LogP contribution in [-0.4, -0.2) is 19.2 Å². The molecule has 2 aromatic carbocycles. The SMILES string of the molecule is COC(C#Cc1ccccc1)c1ccccc1N=C=NC1CCCCC1. The first kappa shape index (κ1) is 18.1. The van der Waals surface area contributed by atoms with Crippen LogP contribution in [0.2, 0.25) is 0 Å². The van der Waals surface area contributed by atoms with Crippen molar-refractivity contribution in [3.8, 4) is 11.8 Å². The Morgan fingerprint density at radius 2 is 1.69 bits per heavy atom. The van der Waals surface area contributed by atoms with E-state index in [1.165, 1.54) is 19.3 Å². The van der Waals surface area contributed by atoms with E-state index in [-0.39, 0.29) is 6.10 Å². The predicted molar refractivity (Wildman–Crippen MR) is 106 cm³/mol. The molecule has 0 aromatic heterocycles. The van der Waals surface area contributed by atoms with E-state index in [0.717, 1.165) is 29.7 Å². The van der Waals surface area contributed by atoms with E-state index in [2.05, 4.69) is 27.8 Å². The van der Waals surface area contributed by atoms with Crippen LogP contribution >= 0.6 is 0 Å². The van der Waals surface area contributed by atoms with Gasteiger partial charge in [0.25, 0.3) is 0 Å². The van der Waals surface area contributed by atoms with Crippen LogP contribution < -0.4 is 0 Å². The van der Waals surface area contributed by atoms with E-state index < -0.39 is 0 Å². The van der Waals surface area contributed by atoms with Gasteiger partial charge < -0.3 is 4.74 Å². The van der Waals surface area contributed by atoms with Gasteiger partial charge >= 0.3 is 0 Å². The maximum Gasteiger partial charge on any atom is 0.145 e. The van der Waals surface area contributed by atoms with Crippen molar-refractivity contribution in [3.63, 3.8) is 0 Å². The largest absolute Gasteiger partial charge is 0.364 e. The maximum absolute atomic E-state index is 5.60. The van der Waals surface area contributed by atoms with Gasteiger partial charge in [0.15, 0.2) is 0 Å². The third-order valence-corrected chi connectivity index (χ3v) is 4.56. The van der Waals surface area contributed by atoms with Gasteiger partial charge in [-0.3, -0.25) is 0 Å². The topological polar surface area (TPSA) is 34.0 Å². The van der Waals surface area contributed by atoms with Crippen molar-refractivity contribution in [3.05, 3.63) is 65.7 Å². The van der Waals surface area contributed by atoms with Crippen molar-refractivity contribution in [2.45, 2.75) is 44.2 Å². The van der Waals surface area contributed by atoms with Crippen molar-refractivity contribution in [2.75, 3.05) is 7.11 Å². The Balaban J connectivity index is 1.80. The summed E-state index contributed by atoms with van der Waals surface area (Å²) in [6, 6.07) is 21.1. The molecule has 132 valence electrons. The molecule has 3 heteroatoms. The Hall–Kier alpha value is -2.66. The Morgan fingerprint density at radius 3 is 2.46 bits per heavy atom. The van der Waals surface area contributed by atoms with E-state index >= 15 is 0 Å². The van der Waals surface area contributed by atoms with Gasteiger partial charge in [-0.1, -0.05) is 67.5 Å². The van der Waals surface area contributed by atoms with Gasteiger partial charge in [-0.05, 0) is 31.0 Å². The summed E-state index contributed by atoms with van der Waals surface area (Å²) >= 11 is 0. The molecule has 3 nitrogen and oxygen atoms in total. The lowest BCUT2D eigenvalue weighted by Crippen LogP contribution is -2.08. The third-order valence-electron chi connectivity index (χ3n) is 4.56. The predicted octanol–water partition coefficient (Wildman–Crippen LogP) is 5.56. The second-order valence-electron chi connectivity index (χ2n) is 6.44. The second-order valence-corrected chi connectivity index (χ2v) is 6.44. The monoisotopic (exact) mass is 344 g/mol. The van der Waals surface area contributed by atoms with Gasteiger partial charge in [0.2, 0.25) is 0 Å². The van der Waals surface area contributed by atoms with Crippen LogP contribution in [0.25, 0.3) is 0 Å². The standard InChI is InChI=1S/C23H24N2O/c1-26-23(17-16-19-10-4-2-5-11-19)21-14-8-9-15-22(21)25-18-24-20-12-6-3-7-13-20/h2,4-5,8-11,14-15,20,23H,3,6-7,12-13H2,1H3. The number of methoxy groups -OCH3 is 1. The average Bonchev–Trinajstić information content (AvgIpc) is 2.71.